The summed E-state index contributed by atoms with van der Waals surface area (Å²) in [5.41, 5.74) is 0. The molecule has 1 saturated heterocycles. The summed E-state index contributed by atoms with van der Waals surface area (Å²) in [6.45, 7) is 1.23. The first kappa shape index (κ1) is 9.30. The normalized spacial score (nSPS) is 21.7. The number of cyclic esters (lactones) is 1. The summed E-state index contributed by atoms with van der Waals surface area (Å²) in [4.78, 5) is 23.9. The van der Waals surface area contributed by atoms with Crippen molar-refractivity contribution in [2.45, 2.75) is 25.3 Å². The van der Waals surface area contributed by atoms with Gasteiger partial charge in [0, 0.05) is 12.6 Å². The minimum atomic E-state index is -0.373. The van der Waals surface area contributed by atoms with Gasteiger partial charge in [-0.15, -0.1) is 0 Å². The molecule has 0 aromatic carbocycles. The van der Waals surface area contributed by atoms with Crippen LogP contribution >= 0.6 is 0 Å². The van der Waals surface area contributed by atoms with Crippen molar-refractivity contribution in [2.75, 3.05) is 19.7 Å². The van der Waals surface area contributed by atoms with E-state index in [1.165, 1.54) is 4.90 Å². The van der Waals surface area contributed by atoms with Crippen molar-refractivity contribution in [3.05, 3.63) is 0 Å². The number of hydrogen-bond acceptors (Lipinski definition) is 3. The Morgan fingerprint density at radius 3 is 3.00 bits per heavy atom. The highest BCUT2D eigenvalue weighted by Crippen LogP contribution is 2.18. The van der Waals surface area contributed by atoms with Gasteiger partial charge in [0.2, 0.25) is 5.91 Å². The van der Waals surface area contributed by atoms with Gasteiger partial charge < -0.3 is 10.1 Å². The Morgan fingerprint density at radius 1 is 1.57 bits per heavy atom. The smallest absolute Gasteiger partial charge is 0.410 e. The lowest BCUT2D eigenvalue weighted by Crippen LogP contribution is -2.44. The molecule has 2 amide bonds. The monoisotopic (exact) mass is 198 g/mol. The van der Waals surface area contributed by atoms with Gasteiger partial charge in [0.15, 0.2) is 0 Å². The number of carbonyl (C=O) groups excluding carboxylic acids is 2. The Morgan fingerprint density at radius 2 is 2.36 bits per heavy atom. The zero-order chi connectivity index (χ0) is 9.97. The molecule has 0 aromatic heterocycles. The van der Waals surface area contributed by atoms with E-state index in [2.05, 4.69) is 5.32 Å². The van der Waals surface area contributed by atoms with Crippen LogP contribution in [0.5, 0.6) is 0 Å². The van der Waals surface area contributed by atoms with E-state index < -0.39 is 0 Å². The highest BCUT2D eigenvalue weighted by atomic mass is 16.6. The van der Waals surface area contributed by atoms with Gasteiger partial charge >= 0.3 is 6.09 Å². The molecule has 0 spiro atoms. The first-order valence-corrected chi connectivity index (χ1v) is 4.97. The molecule has 2 fully saturated rings. The van der Waals surface area contributed by atoms with Crippen molar-refractivity contribution in [2.24, 2.45) is 0 Å². The summed E-state index contributed by atoms with van der Waals surface area (Å²) < 4.78 is 4.82. The third-order valence-electron chi connectivity index (χ3n) is 2.33. The van der Waals surface area contributed by atoms with E-state index >= 15 is 0 Å². The molecule has 0 bridgehead atoms. The van der Waals surface area contributed by atoms with E-state index in [-0.39, 0.29) is 18.5 Å². The zero-order valence-electron chi connectivity index (χ0n) is 7.99. The molecule has 2 rings (SSSR count). The van der Waals surface area contributed by atoms with Crippen LogP contribution in [0.3, 0.4) is 0 Å². The van der Waals surface area contributed by atoms with Gasteiger partial charge in [-0.3, -0.25) is 9.69 Å². The van der Waals surface area contributed by atoms with Crippen LogP contribution in [0.2, 0.25) is 0 Å². The molecule has 5 heteroatoms. The number of nitrogens with one attached hydrogen (secondary N) is 1. The number of rotatable bonds is 3. The lowest BCUT2D eigenvalue weighted by Gasteiger charge is -2.25. The summed E-state index contributed by atoms with van der Waals surface area (Å²) in [5, 5.41) is 2.83. The van der Waals surface area contributed by atoms with Crippen LogP contribution in [0.1, 0.15) is 19.3 Å². The quantitative estimate of drug-likeness (QED) is 0.700. The van der Waals surface area contributed by atoms with Crippen LogP contribution in [0, 0.1) is 0 Å². The molecule has 1 aliphatic heterocycles. The average molecular weight is 198 g/mol. The predicted molar refractivity (Wildman–Crippen MR) is 48.7 cm³/mol. The molecule has 1 heterocycles. The molecule has 0 atom stereocenters. The van der Waals surface area contributed by atoms with Crippen molar-refractivity contribution in [3.63, 3.8) is 0 Å². The molecule has 0 radical (unpaired) electrons. The van der Waals surface area contributed by atoms with Crippen LogP contribution in [0.15, 0.2) is 0 Å². The number of hydrogen-bond donors (Lipinski definition) is 1. The largest absolute Gasteiger partial charge is 0.449 e. The molecule has 0 aromatic rings. The first-order chi connectivity index (χ1) is 6.75. The van der Waals surface area contributed by atoms with Gasteiger partial charge in [0.1, 0.15) is 6.54 Å². The summed E-state index contributed by atoms with van der Waals surface area (Å²) >= 11 is 0. The first-order valence-electron chi connectivity index (χ1n) is 4.97. The van der Waals surface area contributed by atoms with E-state index in [9.17, 15) is 9.59 Å². The SMILES string of the molecule is O=C(CN1CCCOC1=O)NC1CC1. The third kappa shape index (κ3) is 2.37. The molecular formula is C9H14N2O3. The topological polar surface area (TPSA) is 58.6 Å². The number of amides is 2. The second kappa shape index (κ2) is 3.86. The van der Waals surface area contributed by atoms with Gasteiger partial charge in [0.25, 0.3) is 0 Å². The van der Waals surface area contributed by atoms with E-state index in [1.807, 2.05) is 0 Å². The van der Waals surface area contributed by atoms with Gasteiger partial charge in [-0.2, -0.15) is 0 Å². The van der Waals surface area contributed by atoms with Crippen molar-refractivity contribution < 1.29 is 14.3 Å². The summed E-state index contributed by atoms with van der Waals surface area (Å²) in [6.07, 6.45) is 2.57. The molecule has 78 valence electrons. The molecule has 1 aliphatic carbocycles. The van der Waals surface area contributed by atoms with Crippen LogP contribution in [0.25, 0.3) is 0 Å². The van der Waals surface area contributed by atoms with Crippen LogP contribution < -0.4 is 5.32 Å². The Bertz CT molecular complexity index is 250. The maximum Gasteiger partial charge on any atom is 0.410 e. The number of carbonyl (C=O) groups is 2. The number of nitrogens with zero attached hydrogens (tertiary/aromatic N) is 1. The lowest BCUT2D eigenvalue weighted by molar-refractivity contribution is -0.122. The number of ether oxygens (including phenoxy) is 1. The van der Waals surface area contributed by atoms with Crippen molar-refractivity contribution in [1.82, 2.24) is 10.2 Å². The third-order valence-corrected chi connectivity index (χ3v) is 2.33. The van der Waals surface area contributed by atoms with Gasteiger partial charge in [-0.25, -0.2) is 4.79 Å². The summed E-state index contributed by atoms with van der Waals surface area (Å²) in [7, 11) is 0. The Balaban J connectivity index is 1.76. The molecule has 5 nitrogen and oxygen atoms in total. The van der Waals surface area contributed by atoms with E-state index in [4.69, 9.17) is 4.74 Å². The molecule has 0 unspecified atom stereocenters. The van der Waals surface area contributed by atoms with Gasteiger partial charge in [-0.1, -0.05) is 0 Å². The fraction of sp³-hybridized carbons (Fsp3) is 0.778. The van der Waals surface area contributed by atoms with E-state index in [0.717, 1.165) is 19.3 Å². The van der Waals surface area contributed by atoms with Crippen LogP contribution in [-0.4, -0.2) is 42.6 Å². The summed E-state index contributed by atoms with van der Waals surface area (Å²) in [5.74, 6) is -0.0775. The van der Waals surface area contributed by atoms with Gasteiger partial charge in [-0.05, 0) is 19.3 Å². The highest BCUT2D eigenvalue weighted by molar-refractivity contribution is 5.82. The summed E-state index contributed by atoms with van der Waals surface area (Å²) in [6, 6.07) is 0.350. The van der Waals surface area contributed by atoms with Gasteiger partial charge in [0.05, 0.1) is 6.61 Å². The van der Waals surface area contributed by atoms with Crippen LogP contribution in [-0.2, 0) is 9.53 Å². The molecule has 2 aliphatic rings. The Hall–Kier alpha value is -1.26. The minimum absolute atomic E-state index is 0.0775. The van der Waals surface area contributed by atoms with Crippen molar-refractivity contribution >= 4 is 12.0 Å². The maximum atomic E-state index is 11.3. The maximum absolute atomic E-state index is 11.3. The minimum Gasteiger partial charge on any atom is -0.449 e. The predicted octanol–water partition coefficient (Wildman–Crippen LogP) is 0.107. The van der Waals surface area contributed by atoms with Crippen molar-refractivity contribution in [3.8, 4) is 0 Å². The second-order valence-electron chi connectivity index (χ2n) is 3.73. The van der Waals surface area contributed by atoms with Crippen molar-refractivity contribution in [1.29, 1.82) is 0 Å². The fourth-order valence-electron chi connectivity index (χ4n) is 1.42. The fourth-order valence-corrected chi connectivity index (χ4v) is 1.42. The highest BCUT2D eigenvalue weighted by Gasteiger charge is 2.26. The Kier molecular flexibility index (Phi) is 2.56. The molecule has 14 heavy (non-hydrogen) atoms. The molecule has 1 N–H and O–H groups in total. The zero-order valence-corrected chi connectivity index (χ0v) is 7.99. The average Bonchev–Trinajstić information content (AvgIpc) is 2.93. The van der Waals surface area contributed by atoms with E-state index in [1.54, 1.807) is 0 Å². The standard InChI is InChI=1S/C9H14N2O3/c12-8(10-7-2-3-7)6-11-4-1-5-14-9(11)13/h7H,1-6H2,(H,10,12). The Labute approximate surface area is 82.4 Å². The van der Waals surface area contributed by atoms with E-state index in [0.29, 0.717) is 19.2 Å². The molecule has 1 saturated carbocycles. The lowest BCUT2D eigenvalue weighted by atomic mass is 10.3. The van der Waals surface area contributed by atoms with Crippen LogP contribution in [0.4, 0.5) is 4.79 Å². The molecular weight excluding hydrogens is 184 g/mol. The second-order valence-corrected chi connectivity index (χ2v) is 3.73.